The first-order chi connectivity index (χ1) is 11.6. The number of amides is 2. The van der Waals surface area contributed by atoms with Gasteiger partial charge in [0, 0.05) is 0 Å². The van der Waals surface area contributed by atoms with Crippen molar-refractivity contribution in [3.63, 3.8) is 0 Å². The van der Waals surface area contributed by atoms with E-state index in [1.54, 1.807) is 32.5 Å². The van der Waals surface area contributed by atoms with Crippen molar-refractivity contribution in [2.75, 3.05) is 19.1 Å². The number of methoxy groups -OCH3 is 1. The molecule has 0 fully saturated rings. The minimum Gasteiger partial charge on any atom is -0.467 e. The second-order valence-corrected chi connectivity index (χ2v) is 7.86. The van der Waals surface area contributed by atoms with Crippen LogP contribution in [0, 0.1) is 5.92 Å². The molecule has 0 aromatic heterocycles. The molecule has 0 unspecified atom stereocenters. The van der Waals surface area contributed by atoms with Gasteiger partial charge in [-0.2, -0.15) is 11.8 Å². The van der Waals surface area contributed by atoms with E-state index in [0.717, 1.165) is 0 Å². The summed E-state index contributed by atoms with van der Waals surface area (Å²) < 4.78 is 9.99. The Balaban J connectivity index is 5.07. The van der Waals surface area contributed by atoms with Gasteiger partial charge < -0.3 is 20.1 Å². The highest BCUT2D eigenvalue weighted by Gasteiger charge is 2.31. The van der Waals surface area contributed by atoms with Gasteiger partial charge in [-0.15, -0.1) is 0 Å². The number of rotatable bonds is 9. The Labute approximate surface area is 155 Å². The number of hydrogen-bond donors (Lipinski definition) is 2. The van der Waals surface area contributed by atoms with Crippen LogP contribution in [-0.2, 0) is 19.1 Å². The average Bonchev–Trinajstić information content (AvgIpc) is 2.52. The van der Waals surface area contributed by atoms with E-state index in [0.29, 0.717) is 18.6 Å². The maximum Gasteiger partial charge on any atom is 0.408 e. The van der Waals surface area contributed by atoms with Crippen molar-refractivity contribution in [2.24, 2.45) is 5.92 Å². The van der Waals surface area contributed by atoms with Gasteiger partial charge in [-0.3, -0.25) is 4.79 Å². The fraction of sp³-hybridized carbons (Fsp3) is 0.824. The molecule has 0 bridgehead atoms. The van der Waals surface area contributed by atoms with E-state index in [2.05, 4.69) is 10.6 Å². The predicted octanol–water partition coefficient (Wildman–Crippen LogP) is 2.34. The zero-order valence-corrected chi connectivity index (χ0v) is 17.1. The maximum atomic E-state index is 12.6. The monoisotopic (exact) mass is 376 g/mol. The molecule has 0 saturated carbocycles. The molecule has 2 N–H and O–H groups in total. The lowest BCUT2D eigenvalue weighted by atomic mass is 9.98. The van der Waals surface area contributed by atoms with Crippen LogP contribution in [0.15, 0.2) is 0 Å². The van der Waals surface area contributed by atoms with E-state index in [9.17, 15) is 14.4 Å². The van der Waals surface area contributed by atoms with Crippen LogP contribution >= 0.6 is 11.8 Å². The highest BCUT2D eigenvalue weighted by atomic mass is 32.2. The zero-order valence-electron chi connectivity index (χ0n) is 16.3. The number of alkyl carbamates (subject to hydrolysis) is 1. The Kier molecular flexibility index (Phi) is 10.6. The molecule has 3 atom stereocenters. The van der Waals surface area contributed by atoms with Gasteiger partial charge in [-0.1, -0.05) is 20.3 Å². The van der Waals surface area contributed by atoms with Gasteiger partial charge in [0.15, 0.2) is 0 Å². The fourth-order valence-corrected chi connectivity index (χ4v) is 2.48. The van der Waals surface area contributed by atoms with Crippen LogP contribution < -0.4 is 10.6 Å². The van der Waals surface area contributed by atoms with Crippen LogP contribution in [0.25, 0.3) is 0 Å². The lowest BCUT2D eigenvalue weighted by Crippen LogP contribution is -2.54. The SMILES string of the molecule is CC[C@H](C)[C@H](NC(=O)[C@@H](CCSC)NC(=O)OC(C)(C)C)C(=O)OC. The van der Waals surface area contributed by atoms with Crippen LogP contribution in [0.4, 0.5) is 4.79 Å². The first kappa shape index (κ1) is 23.6. The molecule has 0 aliphatic carbocycles. The normalized spacial score (nSPS) is 14.8. The molecule has 7 nitrogen and oxygen atoms in total. The summed E-state index contributed by atoms with van der Waals surface area (Å²) in [6, 6.07) is -1.53. The summed E-state index contributed by atoms with van der Waals surface area (Å²) in [5.74, 6) is -0.321. The number of nitrogens with one attached hydrogen (secondary N) is 2. The summed E-state index contributed by atoms with van der Waals surface area (Å²) >= 11 is 1.56. The van der Waals surface area contributed by atoms with E-state index < -0.39 is 35.7 Å². The van der Waals surface area contributed by atoms with E-state index in [-0.39, 0.29) is 5.92 Å². The molecule has 2 amide bonds. The average molecular weight is 377 g/mol. The molecule has 0 saturated heterocycles. The number of esters is 1. The topological polar surface area (TPSA) is 93.7 Å². The van der Waals surface area contributed by atoms with Crippen molar-refractivity contribution >= 4 is 29.7 Å². The highest BCUT2D eigenvalue weighted by Crippen LogP contribution is 2.11. The van der Waals surface area contributed by atoms with Crippen LogP contribution in [0.3, 0.4) is 0 Å². The molecule has 0 rings (SSSR count). The lowest BCUT2D eigenvalue weighted by molar-refractivity contribution is -0.146. The molecular weight excluding hydrogens is 344 g/mol. The summed E-state index contributed by atoms with van der Waals surface area (Å²) in [5, 5.41) is 5.29. The molecular formula is C17H32N2O5S. The van der Waals surface area contributed by atoms with Crippen molar-refractivity contribution in [3.05, 3.63) is 0 Å². The minimum absolute atomic E-state index is 0.0841. The minimum atomic E-state index is -0.779. The molecule has 0 heterocycles. The van der Waals surface area contributed by atoms with Gasteiger partial charge in [0.1, 0.15) is 17.7 Å². The molecule has 8 heteroatoms. The summed E-state index contributed by atoms with van der Waals surface area (Å²) in [4.78, 5) is 36.5. The van der Waals surface area contributed by atoms with Crippen molar-refractivity contribution in [2.45, 2.75) is 65.1 Å². The van der Waals surface area contributed by atoms with Crippen LogP contribution in [0.5, 0.6) is 0 Å². The van der Waals surface area contributed by atoms with Gasteiger partial charge in [0.05, 0.1) is 7.11 Å². The van der Waals surface area contributed by atoms with Crippen molar-refractivity contribution in [1.29, 1.82) is 0 Å². The first-order valence-corrected chi connectivity index (χ1v) is 9.81. The third kappa shape index (κ3) is 9.57. The van der Waals surface area contributed by atoms with E-state index in [4.69, 9.17) is 9.47 Å². The molecule has 0 radical (unpaired) electrons. The number of ether oxygens (including phenoxy) is 2. The molecule has 146 valence electrons. The van der Waals surface area contributed by atoms with Crippen molar-refractivity contribution in [1.82, 2.24) is 10.6 Å². The number of carbonyl (C=O) groups excluding carboxylic acids is 3. The van der Waals surface area contributed by atoms with Crippen LogP contribution in [0.1, 0.15) is 47.5 Å². The second kappa shape index (κ2) is 11.2. The van der Waals surface area contributed by atoms with Crippen molar-refractivity contribution in [3.8, 4) is 0 Å². The van der Waals surface area contributed by atoms with Gasteiger partial charge in [-0.05, 0) is 45.1 Å². The Hall–Kier alpha value is -1.44. The molecule has 25 heavy (non-hydrogen) atoms. The van der Waals surface area contributed by atoms with E-state index in [1.165, 1.54) is 7.11 Å². The summed E-state index contributed by atoms with van der Waals surface area (Å²) in [6.45, 7) is 9.04. The lowest BCUT2D eigenvalue weighted by Gasteiger charge is -2.26. The number of carbonyl (C=O) groups is 3. The fourth-order valence-electron chi connectivity index (χ4n) is 2.00. The van der Waals surface area contributed by atoms with Crippen LogP contribution in [-0.4, -0.2) is 54.8 Å². The third-order valence-corrected chi connectivity index (χ3v) is 4.23. The molecule has 0 aromatic rings. The third-order valence-electron chi connectivity index (χ3n) is 3.58. The maximum absolute atomic E-state index is 12.6. The van der Waals surface area contributed by atoms with Gasteiger partial charge in [0.25, 0.3) is 0 Å². The quantitative estimate of drug-likeness (QED) is 0.600. The van der Waals surface area contributed by atoms with E-state index >= 15 is 0 Å². The Morgan fingerprint density at radius 2 is 1.76 bits per heavy atom. The molecule has 0 spiro atoms. The smallest absolute Gasteiger partial charge is 0.408 e. The first-order valence-electron chi connectivity index (χ1n) is 8.42. The standard InChI is InChI=1S/C17H32N2O5S/c1-8-11(2)13(15(21)23-6)19-14(20)12(9-10-25-7)18-16(22)24-17(3,4)5/h11-13H,8-10H2,1-7H3,(H,18,22)(H,19,20)/t11-,12+,13-/m0/s1. The number of thioether (sulfide) groups is 1. The van der Waals surface area contributed by atoms with Crippen molar-refractivity contribution < 1.29 is 23.9 Å². The molecule has 0 aliphatic rings. The zero-order chi connectivity index (χ0) is 19.6. The summed E-state index contributed by atoms with van der Waals surface area (Å²) in [5.41, 5.74) is -0.657. The summed E-state index contributed by atoms with van der Waals surface area (Å²) in [7, 11) is 1.29. The Morgan fingerprint density at radius 3 is 2.20 bits per heavy atom. The Morgan fingerprint density at radius 1 is 1.16 bits per heavy atom. The van der Waals surface area contributed by atoms with Gasteiger partial charge in [-0.25, -0.2) is 9.59 Å². The molecule has 0 aliphatic heterocycles. The van der Waals surface area contributed by atoms with E-state index in [1.807, 2.05) is 20.1 Å². The number of hydrogen-bond acceptors (Lipinski definition) is 6. The predicted molar refractivity (Wildman–Crippen MR) is 99.6 cm³/mol. The van der Waals surface area contributed by atoms with Crippen LogP contribution in [0.2, 0.25) is 0 Å². The summed E-state index contributed by atoms with van der Waals surface area (Å²) in [6.07, 6.45) is 2.39. The molecule has 0 aromatic carbocycles. The second-order valence-electron chi connectivity index (χ2n) is 6.88. The Bertz CT molecular complexity index is 451. The van der Waals surface area contributed by atoms with Gasteiger partial charge >= 0.3 is 12.1 Å². The van der Waals surface area contributed by atoms with Gasteiger partial charge in [0.2, 0.25) is 5.91 Å². The highest BCUT2D eigenvalue weighted by molar-refractivity contribution is 7.98. The largest absolute Gasteiger partial charge is 0.467 e.